The highest BCUT2D eigenvalue weighted by atomic mass is 79.9. The summed E-state index contributed by atoms with van der Waals surface area (Å²) in [6.07, 6.45) is 3.47. The molecule has 1 N–H and O–H groups in total. The number of hydrogen-bond donors (Lipinski definition) is 1. The van der Waals surface area contributed by atoms with E-state index in [2.05, 4.69) is 26.1 Å². The van der Waals surface area contributed by atoms with E-state index in [0.717, 1.165) is 60.3 Å². The Morgan fingerprint density at radius 3 is 2.11 bits per heavy atom. The van der Waals surface area contributed by atoms with Crippen molar-refractivity contribution in [1.82, 2.24) is 14.7 Å². The molecule has 148 valence electrons. The molecule has 0 atom stereocenters. The predicted octanol–water partition coefficient (Wildman–Crippen LogP) is 3.23. The van der Waals surface area contributed by atoms with Crippen LogP contribution in [0.3, 0.4) is 0 Å². The lowest BCUT2D eigenvalue weighted by molar-refractivity contribution is -0.133. The summed E-state index contributed by atoms with van der Waals surface area (Å²) in [5, 5.41) is 3.06. The van der Waals surface area contributed by atoms with Crippen molar-refractivity contribution in [3.8, 4) is 0 Å². The van der Waals surface area contributed by atoms with Gasteiger partial charge in [-0.1, -0.05) is 15.9 Å². The van der Waals surface area contributed by atoms with Crippen LogP contribution in [-0.4, -0.2) is 72.5 Å². The van der Waals surface area contributed by atoms with Crippen molar-refractivity contribution in [2.45, 2.75) is 33.1 Å². The van der Waals surface area contributed by atoms with Crippen LogP contribution < -0.4 is 5.32 Å². The molecule has 3 amide bonds. The van der Waals surface area contributed by atoms with E-state index in [0.29, 0.717) is 19.6 Å². The number of rotatable bonds is 3. The van der Waals surface area contributed by atoms with E-state index >= 15 is 0 Å². The number of carbonyl (C=O) groups excluding carboxylic acids is 2. The van der Waals surface area contributed by atoms with Crippen molar-refractivity contribution < 1.29 is 9.59 Å². The Morgan fingerprint density at radius 1 is 0.926 bits per heavy atom. The Kier molecular flexibility index (Phi) is 6.76. The maximum absolute atomic E-state index is 12.6. The van der Waals surface area contributed by atoms with Crippen LogP contribution in [0.1, 0.15) is 30.4 Å². The number of anilines is 1. The van der Waals surface area contributed by atoms with E-state index in [1.54, 1.807) is 0 Å². The number of nitrogens with zero attached hydrogens (tertiary/aromatic N) is 3. The number of amides is 3. The summed E-state index contributed by atoms with van der Waals surface area (Å²) < 4.78 is 1.02. The first kappa shape index (κ1) is 20.1. The summed E-state index contributed by atoms with van der Waals surface area (Å²) in [4.78, 5) is 31.0. The standard InChI is InChI=1S/C20H29BrN4O2/c1-15-12-17(21)13-16(2)19(15)22-20(27)25-10-8-23(9-11-25)14-18(26)24-6-4-3-5-7-24/h12-13H,3-11,14H2,1-2H3,(H,22,27). The second-order valence-electron chi connectivity index (χ2n) is 7.55. The first-order valence-corrected chi connectivity index (χ1v) is 10.6. The van der Waals surface area contributed by atoms with Crippen molar-refractivity contribution >= 4 is 33.6 Å². The van der Waals surface area contributed by atoms with Gasteiger partial charge in [-0.2, -0.15) is 0 Å². The van der Waals surface area contributed by atoms with Crippen LogP contribution in [0.5, 0.6) is 0 Å². The van der Waals surface area contributed by atoms with E-state index in [1.165, 1.54) is 6.42 Å². The number of benzene rings is 1. The van der Waals surface area contributed by atoms with Crippen LogP contribution in [-0.2, 0) is 4.79 Å². The fourth-order valence-corrected chi connectivity index (χ4v) is 4.52. The molecule has 0 spiro atoms. The van der Waals surface area contributed by atoms with E-state index in [4.69, 9.17) is 0 Å². The van der Waals surface area contributed by atoms with Gasteiger partial charge in [0.2, 0.25) is 5.91 Å². The molecule has 2 aliphatic heterocycles. The normalized spacial score (nSPS) is 18.5. The molecule has 1 aromatic rings. The zero-order valence-corrected chi connectivity index (χ0v) is 17.8. The number of aryl methyl sites for hydroxylation is 2. The highest BCUT2D eigenvalue weighted by Crippen LogP contribution is 2.25. The van der Waals surface area contributed by atoms with Crippen molar-refractivity contribution in [2.75, 3.05) is 51.1 Å². The Hall–Kier alpha value is -1.60. The number of urea groups is 1. The molecular weight excluding hydrogens is 408 g/mol. The molecule has 0 radical (unpaired) electrons. The van der Waals surface area contributed by atoms with Crippen molar-refractivity contribution in [2.24, 2.45) is 0 Å². The Bertz CT molecular complexity index is 672. The van der Waals surface area contributed by atoms with Gasteiger partial charge in [0.15, 0.2) is 0 Å². The monoisotopic (exact) mass is 436 g/mol. The maximum atomic E-state index is 12.6. The largest absolute Gasteiger partial charge is 0.342 e. The third kappa shape index (κ3) is 5.23. The molecule has 0 aromatic heterocycles. The van der Waals surface area contributed by atoms with Crippen LogP contribution in [0.2, 0.25) is 0 Å². The van der Waals surface area contributed by atoms with Gasteiger partial charge in [0.05, 0.1) is 6.54 Å². The number of hydrogen-bond acceptors (Lipinski definition) is 3. The number of nitrogens with one attached hydrogen (secondary N) is 1. The minimum absolute atomic E-state index is 0.0643. The van der Waals surface area contributed by atoms with E-state index in [-0.39, 0.29) is 11.9 Å². The van der Waals surface area contributed by atoms with Crippen molar-refractivity contribution in [3.63, 3.8) is 0 Å². The molecule has 0 bridgehead atoms. The van der Waals surface area contributed by atoms with Crippen LogP contribution >= 0.6 is 15.9 Å². The minimum atomic E-state index is -0.0643. The number of piperidine rings is 1. The summed E-state index contributed by atoms with van der Waals surface area (Å²) in [5.74, 6) is 0.230. The summed E-state index contributed by atoms with van der Waals surface area (Å²) in [6.45, 7) is 9.04. The Labute approximate surface area is 170 Å². The SMILES string of the molecule is Cc1cc(Br)cc(C)c1NC(=O)N1CCN(CC(=O)N2CCCCC2)CC1. The fourth-order valence-electron chi connectivity index (χ4n) is 3.84. The lowest BCUT2D eigenvalue weighted by Gasteiger charge is -2.36. The van der Waals surface area contributed by atoms with Gasteiger partial charge in [-0.3, -0.25) is 9.69 Å². The molecule has 0 saturated carbocycles. The Morgan fingerprint density at radius 2 is 1.52 bits per heavy atom. The molecule has 2 heterocycles. The molecule has 0 aliphatic carbocycles. The van der Waals surface area contributed by atoms with Crippen molar-refractivity contribution in [3.05, 3.63) is 27.7 Å². The molecule has 6 nitrogen and oxygen atoms in total. The van der Waals surface area contributed by atoms with Gasteiger partial charge in [-0.05, 0) is 56.4 Å². The molecule has 3 rings (SSSR count). The molecule has 1 aromatic carbocycles. The Balaban J connectivity index is 1.48. The highest BCUT2D eigenvalue weighted by Gasteiger charge is 2.25. The summed E-state index contributed by atoms with van der Waals surface area (Å²) >= 11 is 3.49. The molecule has 2 aliphatic rings. The van der Waals surface area contributed by atoms with Gasteiger partial charge < -0.3 is 15.1 Å². The molecule has 2 fully saturated rings. The topological polar surface area (TPSA) is 55.9 Å². The summed E-state index contributed by atoms with van der Waals surface area (Å²) in [6, 6.07) is 3.95. The van der Waals surface area contributed by atoms with Crippen LogP contribution in [0.25, 0.3) is 0 Å². The fraction of sp³-hybridized carbons (Fsp3) is 0.600. The highest BCUT2D eigenvalue weighted by molar-refractivity contribution is 9.10. The van der Waals surface area contributed by atoms with E-state index in [1.807, 2.05) is 35.8 Å². The van der Waals surface area contributed by atoms with Gasteiger partial charge in [-0.25, -0.2) is 4.79 Å². The number of piperazine rings is 1. The van der Waals surface area contributed by atoms with Crippen molar-refractivity contribution in [1.29, 1.82) is 0 Å². The predicted molar refractivity (Wildman–Crippen MR) is 111 cm³/mol. The second kappa shape index (κ2) is 9.06. The zero-order chi connectivity index (χ0) is 19.4. The van der Waals surface area contributed by atoms with Crippen LogP contribution in [0.15, 0.2) is 16.6 Å². The average molecular weight is 437 g/mol. The summed E-state index contributed by atoms with van der Waals surface area (Å²) in [5.41, 5.74) is 2.97. The van der Waals surface area contributed by atoms with Gasteiger partial charge in [-0.15, -0.1) is 0 Å². The number of halogens is 1. The lowest BCUT2D eigenvalue weighted by Crippen LogP contribution is -2.52. The molecule has 2 saturated heterocycles. The maximum Gasteiger partial charge on any atom is 0.321 e. The molecular formula is C20H29BrN4O2. The molecule has 27 heavy (non-hydrogen) atoms. The molecule has 0 unspecified atom stereocenters. The van der Waals surface area contributed by atoms with Gasteiger partial charge in [0.25, 0.3) is 0 Å². The number of likely N-dealkylation sites (tertiary alicyclic amines) is 1. The van der Waals surface area contributed by atoms with Crippen LogP contribution in [0, 0.1) is 13.8 Å². The zero-order valence-electron chi connectivity index (χ0n) is 16.3. The average Bonchev–Trinajstić information content (AvgIpc) is 2.65. The number of carbonyl (C=O) groups is 2. The molecule has 7 heteroatoms. The first-order chi connectivity index (χ1) is 12.9. The van der Waals surface area contributed by atoms with E-state index in [9.17, 15) is 9.59 Å². The van der Waals surface area contributed by atoms with Gasteiger partial charge in [0, 0.05) is 49.4 Å². The second-order valence-corrected chi connectivity index (χ2v) is 8.47. The quantitative estimate of drug-likeness (QED) is 0.790. The van der Waals surface area contributed by atoms with Gasteiger partial charge >= 0.3 is 6.03 Å². The van der Waals surface area contributed by atoms with Crippen LogP contribution in [0.4, 0.5) is 10.5 Å². The van der Waals surface area contributed by atoms with E-state index < -0.39 is 0 Å². The first-order valence-electron chi connectivity index (χ1n) is 9.77. The third-order valence-electron chi connectivity index (χ3n) is 5.46. The van der Waals surface area contributed by atoms with Gasteiger partial charge in [0.1, 0.15) is 0 Å². The smallest absolute Gasteiger partial charge is 0.321 e. The summed E-state index contributed by atoms with van der Waals surface area (Å²) in [7, 11) is 0. The minimum Gasteiger partial charge on any atom is -0.342 e. The lowest BCUT2D eigenvalue weighted by atomic mass is 10.1. The third-order valence-corrected chi connectivity index (χ3v) is 5.91.